The van der Waals surface area contributed by atoms with E-state index < -0.39 is 27.4 Å². The lowest BCUT2D eigenvalue weighted by Gasteiger charge is -2.30. The number of carboxylic acid groups (broad SMARTS) is 1. The molecule has 2 rings (SSSR count). The van der Waals surface area contributed by atoms with Crippen LogP contribution in [0.1, 0.15) is 23.2 Å². The summed E-state index contributed by atoms with van der Waals surface area (Å²) >= 11 is 0. The summed E-state index contributed by atoms with van der Waals surface area (Å²) in [5.74, 6) is -2.49. The maximum absolute atomic E-state index is 13.6. The molecule has 0 aliphatic carbocycles. The second kappa shape index (κ2) is 6.08. The molecular weight excluding hydrogens is 301 g/mol. The number of ether oxygens (including phenoxy) is 1. The summed E-state index contributed by atoms with van der Waals surface area (Å²) in [5.41, 5.74) is -0.549. The summed E-state index contributed by atoms with van der Waals surface area (Å²) in [5, 5.41) is 8.75. The Morgan fingerprint density at radius 3 is 2.48 bits per heavy atom. The fraction of sp³-hybridized carbons (Fsp3) is 0.462. The van der Waals surface area contributed by atoms with Crippen molar-refractivity contribution in [3.8, 4) is 0 Å². The monoisotopic (exact) mass is 317 g/mol. The molecule has 116 valence electrons. The predicted octanol–water partition coefficient (Wildman–Crippen LogP) is 1.32. The second-order valence-corrected chi connectivity index (χ2v) is 6.72. The van der Waals surface area contributed by atoms with Gasteiger partial charge in [-0.25, -0.2) is 17.6 Å². The van der Waals surface area contributed by atoms with Gasteiger partial charge in [-0.05, 0) is 31.0 Å². The van der Waals surface area contributed by atoms with Gasteiger partial charge >= 0.3 is 5.97 Å². The minimum Gasteiger partial charge on any atom is -0.478 e. The van der Waals surface area contributed by atoms with Gasteiger partial charge in [-0.1, -0.05) is 0 Å². The van der Waals surface area contributed by atoms with Crippen LogP contribution in [0, 0.1) is 5.82 Å². The minimum absolute atomic E-state index is 0.0302. The lowest BCUT2D eigenvalue weighted by molar-refractivity contribution is 0.0604. The fourth-order valence-corrected chi connectivity index (χ4v) is 3.77. The molecule has 1 aliphatic rings. The molecular formula is C13H16FNO5S. The molecule has 0 aromatic heterocycles. The second-order valence-electron chi connectivity index (χ2n) is 4.79. The number of aromatic carboxylic acids is 1. The van der Waals surface area contributed by atoms with Crippen LogP contribution in [0.15, 0.2) is 23.1 Å². The number of carboxylic acids is 1. The molecule has 0 bridgehead atoms. The average molecular weight is 317 g/mol. The summed E-state index contributed by atoms with van der Waals surface area (Å²) in [6.45, 7) is 0.590. The summed E-state index contributed by atoms with van der Waals surface area (Å²) in [6.07, 6.45) is 1.18. The highest BCUT2D eigenvalue weighted by molar-refractivity contribution is 7.89. The topological polar surface area (TPSA) is 83.9 Å². The molecule has 1 aromatic carbocycles. The number of halogens is 1. The van der Waals surface area contributed by atoms with E-state index in [1.807, 2.05) is 0 Å². The zero-order chi connectivity index (χ0) is 15.6. The summed E-state index contributed by atoms with van der Waals surface area (Å²) < 4.78 is 44.8. The van der Waals surface area contributed by atoms with Crippen molar-refractivity contribution in [2.24, 2.45) is 0 Å². The molecule has 0 amide bonds. The lowest BCUT2D eigenvalue weighted by atomic mass is 10.1. The fourth-order valence-electron chi connectivity index (χ4n) is 2.29. The van der Waals surface area contributed by atoms with Crippen LogP contribution in [-0.4, -0.2) is 50.1 Å². The third-order valence-electron chi connectivity index (χ3n) is 3.54. The van der Waals surface area contributed by atoms with Gasteiger partial charge in [-0.2, -0.15) is 4.31 Å². The Hall–Kier alpha value is -1.51. The molecule has 0 spiro atoms. The van der Waals surface area contributed by atoms with Gasteiger partial charge in [0, 0.05) is 20.2 Å². The number of hydrogen-bond donors (Lipinski definition) is 1. The molecule has 6 nitrogen and oxygen atoms in total. The van der Waals surface area contributed by atoms with E-state index in [0.717, 1.165) is 18.2 Å². The van der Waals surface area contributed by atoms with Crippen molar-refractivity contribution < 1.29 is 27.4 Å². The molecule has 0 radical (unpaired) electrons. The van der Waals surface area contributed by atoms with Crippen LogP contribution in [-0.2, 0) is 14.8 Å². The predicted molar refractivity (Wildman–Crippen MR) is 72.1 cm³/mol. The molecule has 21 heavy (non-hydrogen) atoms. The molecule has 1 aliphatic heterocycles. The smallest absolute Gasteiger partial charge is 0.338 e. The summed E-state index contributed by atoms with van der Waals surface area (Å²) in [6, 6.07) is 2.83. The first kappa shape index (κ1) is 15.9. The molecule has 0 atom stereocenters. The van der Waals surface area contributed by atoms with E-state index in [2.05, 4.69) is 0 Å². The first-order valence-electron chi connectivity index (χ1n) is 6.42. The van der Waals surface area contributed by atoms with Gasteiger partial charge < -0.3 is 9.84 Å². The molecule has 1 heterocycles. The van der Waals surface area contributed by atoms with Crippen LogP contribution >= 0.6 is 0 Å². The third-order valence-corrected chi connectivity index (χ3v) is 5.44. The zero-order valence-corrected chi connectivity index (χ0v) is 12.3. The van der Waals surface area contributed by atoms with E-state index >= 15 is 0 Å². The van der Waals surface area contributed by atoms with Gasteiger partial charge in [-0.15, -0.1) is 0 Å². The standard InChI is InChI=1S/C13H16FNO5S/c1-20-9-4-6-15(7-5-9)21(18,19)10-2-3-11(13(16)17)12(14)8-10/h2-3,8-9H,4-7H2,1H3,(H,16,17). The summed E-state index contributed by atoms with van der Waals surface area (Å²) in [7, 11) is -2.24. The Kier molecular flexibility index (Phi) is 4.60. The third kappa shape index (κ3) is 3.22. The Balaban J connectivity index is 2.24. The van der Waals surface area contributed by atoms with Crippen molar-refractivity contribution in [1.29, 1.82) is 0 Å². The van der Waals surface area contributed by atoms with Gasteiger partial charge in [0.1, 0.15) is 5.82 Å². The van der Waals surface area contributed by atoms with Gasteiger partial charge in [0.05, 0.1) is 16.6 Å². The number of hydrogen-bond acceptors (Lipinski definition) is 4. The van der Waals surface area contributed by atoms with Gasteiger partial charge in [0.25, 0.3) is 0 Å². The SMILES string of the molecule is COC1CCN(S(=O)(=O)c2ccc(C(=O)O)c(F)c2)CC1. The number of carbonyl (C=O) groups is 1. The van der Waals surface area contributed by atoms with Crippen molar-refractivity contribution in [1.82, 2.24) is 4.31 Å². The van der Waals surface area contributed by atoms with Gasteiger partial charge in [-0.3, -0.25) is 0 Å². The quantitative estimate of drug-likeness (QED) is 0.905. The molecule has 0 saturated carbocycles. The highest BCUT2D eigenvalue weighted by Crippen LogP contribution is 2.23. The maximum Gasteiger partial charge on any atom is 0.338 e. The number of nitrogens with zero attached hydrogens (tertiary/aromatic N) is 1. The van der Waals surface area contributed by atoms with E-state index in [4.69, 9.17) is 9.84 Å². The normalized spacial score (nSPS) is 17.8. The number of piperidine rings is 1. The van der Waals surface area contributed by atoms with Crippen molar-refractivity contribution in [3.63, 3.8) is 0 Å². The molecule has 1 N–H and O–H groups in total. The van der Waals surface area contributed by atoms with E-state index in [1.165, 1.54) is 4.31 Å². The number of methoxy groups -OCH3 is 1. The highest BCUT2D eigenvalue weighted by atomic mass is 32.2. The van der Waals surface area contributed by atoms with E-state index in [-0.39, 0.29) is 11.0 Å². The van der Waals surface area contributed by atoms with Gasteiger partial charge in [0.15, 0.2) is 0 Å². The maximum atomic E-state index is 13.6. The highest BCUT2D eigenvalue weighted by Gasteiger charge is 2.30. The first-order chi connectivity index (χ1) is 9.86. The van der Waals surface area contributed by atoms with Crippen LogP contribution < -0.4 is 0 Å². The zero-order valence-electron chi connectivity index (χ0n) is 11.5. The average Bonchev–Trinajstić information content (AvgIpc) is 2.46. The van der Waals surface area contributed by atoms with Crippen molar-refractivity contribution in [3.05, 3.63) is 29.6 Å². The molecule has 8 heteroatoms. The molecule has 1 saturated heterocycles. The van der Waals surface area contributed by atoms with Crippen molar-refractivity contribution in [2.45, 2.75) is 23.8 Å². The Labute approximate surface area is 122 Å². The molecule has 1 aromatic rings. The van der Waals surface area contributed by atoms with Crippen LogP contribution in [0.2, 0.25) is 0 Å². The van der Waals surface area contributed by atoms with E-state index in [1.54, 1.807) is 7.11 Å². The van der Waals surface area contributed by atoms with E-state index in [9.17, 15) is 17.6 Å². The number of benzene rings is 1. The van der Waals surface area contributed by atoms with Crippen LogP contribution in [0.3, 0.4) is 0 Å². The summed E-state index contributed by atoms with van der Waals surface area (Å²) in [4.78, 5) is 10.5. The minimum atomic E-state index is -3.81. The molecule has 1 fully saturated rings. The Morgan fingerprint density at radius 1 is 1.38 bits per heavy atom. The van der Waals surface area contributed by atoms with Crippen molar-refractivity contribution >= 4 is 16.0 Å². The van der Waals surface area contributed by atoms with Crippen LogP contribution in [0.4, 0.5) is 4.39 Å². The number of sulfonamides is 1. The van der Waals surface area contributed by atoms with Crippen molar-refractivity contribution in [2.75, 3.05) is 20.2 Å². The van der Waals surface area contributed by atoms with Gasteiger partial charge in [0.2, 0.25) is 10.0 Å². The lowest BCUT2D eigenvalue weighted by Crippen LogP contribution is -2.40. The van der Waals surface area contributed by atoms with E-state index in [0.29, 0.717) is 25.9 Å². The molecule has 0 unspecified atom stereocenters. The van der Waals surface area contributed by atoms with Crippen LogP contribution in [0.25, 0.3) is 0 Å². The Morgan fingerprint density at radius 2 is 2.00 bits per heavy atom. The largest absolute Gasteiger partial charge is 0.478 e. The Bertz CT molecular complexity index is 638. The first-order valence-corrected chi connectivity index (χ1v) is 7.86. The van der Waals surface area contributed by atoms with Crippen LogP contribution in [0.5, 0.6) is 0 Å². The number of rotatable bonds is 4.